The lowest BCUT2D eigenvalue weighted by molar-refractivity contribution is -0.147. The quantitative estimate of drug-likeness (QED) is 0.342. The average Bonchev–Trinajstić information content (AvgIpc) is 3.26. The second-order valence-electron chi connectivity index (χ2n) is 6.15. The Hall–Kier alpha value is -2.67. The van der Waals surface area contributed by atoms with E-state index < -0.39 is 17.8 Å². The van der Waals surface area contributed by atoms with Crippen LogP contribution in [-0.2, 0) is 9.59 Å². The van der Waals surface area contributed by atoms with Gasteiger partial charge in [0.25, 0.3) is 0 Å². The summed E-state index contributed by atoms with van der Waals surface area (Å²) >= 11 is 0. The summed E-state index contributed by atoms with van der Waals surface area (Å²) in [5.41, 5.74) is 2.07. The van der Waals surface area contributed by atoms with E-state index >= 15 is 0 Å². The highest BCUT2D eigenvalue weighted by atomic mass is 16.4. The van der Waals surface area contributed by atoms with E-state index in [9.17, 15) is 14.7 Å². The molecule has 0 spiro atoms. The average molecular weight is 312 g/mol. The minimum Gasteiger partial charge on any atom is -0.481 e. The van der Waals surface area contributed by atoms with E-state index in [2.05, 4.69) is 9.97 Å². The van der Waals surface area contributed by atoms with Gasteiger partial charge in [0, 0.05) is 0 Å². The van der Waals surface area contributed by atoms with Crippen molar-refractivity contribution in [1.29, 1.82) is 0 Å². The smallest absolute Gasteiger partial charge is 0.307 e. The fourth-order valence-electron chi connectivity index (χ4n) is 3.86. The summed E-state index contributed by atoms with van der Waals surface area (Å²) in [4.78, 5) is 31.4. The number of amides is 1. The van der Waals surface area contributed by atoms with Crippen molar-refractivity contribution in [2.75, 3.05) is 5.01 Å². The first-order valence-electron chi connectivity index (χ1n) is 7.49. The van der Waals surface area contributed by atoms with E-state index in [1.54, 1.807) is 24.5 Å². The highest BCUT2D eigenvalue weighted by Crippen LogP contribution is 2.48. The molecule has 2 aliphatic carbocycles. The molecule has 0 radical (unpaired) electrons. The zero-order chi connectivity index (χ0) is 16.1. The topological polar surface area (TPSA) is 112 Å². The van der Waals surface area contributed by atoms with Crippen molar-refractivity contribution in [3.8, 4) is 0 Å². The summed E-state index contributed by atoms with van der Waals surface area (Å²) in [7, 11) is 0. The van der Waals surface area contributed by atoms with Gasteiger partial charge in [0.15, 0.2) is 0 Å². The van der Waals surface area contributed by atoms with Gasteiger partial charge in [-0.3, -0.25) is 9.59 Å². The summed E-state index contributed by atoms with van der Waals surface area (Å²) in [5.74, 6) is 3.30. The van der Waals surface area contributed by atoms with Crippen molar-refractivity contribution in [1.82, 2.24) is 9.97 Å². The number of hydrogen-bond donors (Lipinski definition) is 3. The number of anilines is 1. The Labute approximate surface area is 131 Å². The number of fused-ring (bicyclic) bond motifs is 3. The maximum Gasteiger partial charge on any atom is 0.307 e. The zero-order valence-corrected chi connectivity index (χ0v) is 12.2. The molecule has 2 aromatic rings. The largest absolute Gasteiger partial charge is 0.481 e. The van der Waals surface area contributed by atoms with E-state index in [1.165, 1.54) is 0 Å². The summed E-state index contributed by atoms with van der Waals surface area (Å²) < 4.78 is 0. The van der Waals surface area contributed by atoms with Crippen LogP contribution in [-0.4, -0.2) is 27.0 Å². The number of aromatic amines is 1. The van der Waals surface area contributed by atoms with Crippen LogP contribution in [0.5, 0.6) is 0 Å². The van der Waals surface area contributed by atoms with Crippen LogP contribution in [0.2, 0.25) is 0 Å². The van der Waals surface area contributed by atoms with Gasteiger partial charge in [0.1, 0.15) is 0 Å². The van der Waals surface area contributed by atoms with Crippen molar-refractivity contribution in [3.05, 3.63) is 36.7 Å². The van der Waals surface area contributed by atoms with Crippen molar-refractivity contribution in [2.24, 2.45) is 29.5 Å². The number of nitrogens with zero attached hydrogens (tertiary/aromatic N) is 2. The highest BCUT2D eigenvalue weighted by Gasteiger charge is 2.52. The van der Waals surface area contributed by atoms with Crippen LogP contribution in [0.4, 0.5) is 5.69 Å². The Morgan fingerprint density at radius 2 is 2.00 bits per heavy atom. The number of H-pyrrole nitrogens is 1. The molecule has 7 heteroatoms. The first-order chi connectivity index (χ1) is 11.1. The number of carboxylic acids is 1. The molecular weight excluding hydrogens is 296 g/mol. The standard InChI is InChI=1S/C16H16N4O3/c17-20(10-3-4-11-12(6-10)19-7-18-11)15(21)13-8-1-2-9(5-8)14(13)16(22)23/h1-4,6-9,13-14H,5,17H2,(H,18,19)(H,22,23)/t8?,9?,13-,14+/m1/s1. The monoisotopic (exact) mass is 312 g/mol. The maximum absolute atomic E-state index is 12.8. The Morgan fingerprint density at radius 1 is 1.26 bits per heavy atom. The number of carboxylic acid groups (broad SMARTS) is 1. The molecule has 4 rings (SSSR count). The maximum atomic E-state index is 12.8. The lowest BCUT2D eigenvalue weighted by atomic mass is 9.82. The van der Waals surface area contributed by atoms with E-state index in [0.717, 1.165) is 16.0 Å². The minimum atomic E-state index is -0.933. The first-order valence-corrected chi connectivity index (χ1v) is 7.49. The second-order valence-corrected chi connectivity index (χ2v) is 6.15. The molecule has 1 amide bonds. The predicted molar refractivity (Wildman–Crippen MR) is 83.1 cm³/mol. The molecule has 23 heavy (non-hydrogen) atoms. The summed E-state index contributed by atoms with van der Waals surface area (Å²) in [5, 5.41) is 10.5. The summed E-state index contributed by atoms with van der Waals surface area (Å²) in [6, 6.07) is 5.21. The molecule has 1 aromatic heterocycles. The van der Waals surface area contributed by atoms with Gasteiger partial charge in [-0.15, -0.1) is 0 Å². The molecule has 0 aliphatic heterocycles. The molecule has 2 bridgehead atoms. The molecule has 4 atom stereocenters. The molecule has 1 aromatic carbocycles. The first kappa shape index (κ1) is 14.0. The van der Waals surface area contributed by atoms with Crippen LogP contribution in [0.15, 0.2) is 36.7 Å². The third-order valence-electron chi connectivity index (χ3n) is 4.95. The van der Waals surface area contributed by atoms with Gasteiger partial charge in [-0.25, -0.2) is 15.8 Å². The lowest BCUT2D eigenvalue weighted by Crippen LogP contribution is -2.46. The molecule has 2 unspecified atom stereocenters. The van der Waals surface area contributed by atoms with E-state index in [1.807, 2.05) is 12.2 Å². The number of aliphatic carboxylic acids is 1. The molecular formula is C16H16N4O3. The van der Waals surface area contributed by atoms with Gasteiger partial charge < -0.3 is 10.1 Å². The number of hydrazine groups is 1. The fourth-order valence-corrected chi connectivity index (χ4v) is 3.86. The molecule has 7 nitrogen and oxygen atoms in total. The van der Waals surface area contributed by atoms with Crippen LogP contribution in [0.3, 0.4) is 0 Å². The predicted octanol–water partition coefficient (Wildman–Crippen LogP) is 1.29. The lowest BCUT2D eigenvalue weighted by Gasteiger charge is -2.28. The van der Waals surface area contributed by atoms with Crippen LogP contribution in [0, 0.1) is 23.7 Å². The van der Waals surface area contributed by atoms with Gasteiger partial charge in [-0.2, -0.15) is 0 Å². The Bertz CT molecular complexity index is 828. The van der Waals surface area contributed by atoms with E-state index in [-0.39, 0.29) is 17.7 Å². The van der Waals surface area contributed by atoms with E-state index in [4.69, 9.17) is 5.84 Å². The number of benzene rings is 1. The van der Waals surface area contributed by atoms with Crippen molar-refractivity contribution < 1.29 is 14.7 Å². The molecule has 4 N–H and O–H groups in total. The van der Waals surface area contributed by atoms with Gasteiger partial charge in [0.05, 0.1) is 34.9 Å². The van der Waals surface area contributed by atoms with Crippen molar-refractivity contribution >= 4 is 28.6 Å². The number of carbonyl (C=O) groups is 2. The van der Waals surface area contributed by atoms with Crippen molar-refractivity contribution in [3.63, 3.8) is 0 Å². The van der Waals surface area contributed by atoms with Gasteiger partial charge >= 0.3 is 5.97 Å². The molecule has 1 heterocycles. The second kappa shape index (κ2) is 4.92. The fraction of sp³-hybridized carbons (Fsp3) is 0.312. The van der Waals surface area contributed by atoms with Gasteiger partial charge in [-0.05, 0) is 36.5 Å². The Kier molecular flexibility index (Phi) is 2.99. The normalized spacial score (nSPS) is 28.4. The van der Waals surface area contributed by atoms with Gasteiger partial charge in [0.2, 0.25) is 5.91 Å². The van der Waals surface area contributed by atoms with Crippen LogP contribution < -0.4 is 10.9 Å². The molecule has 1 saturated carbocycles. The third-order valence-corrected chi connectivity index (χ3v) is 4.95. The molecule has 2 aliphatic rings. The number of nitrogens with two attached hydrogens (primary N) is 1. The van der Waals surface area contributed by atoms with Crippen LogP contribution >= 0.6 is 0 Å². The van der Waals surface area contributed by atoms with Crippen LogP contribution in [0.25, 0.3) is 11.0 Å². The number of imidazole rings is 1. The molecule has 118 valence electrons. The Morgan fingerprint density at radius 3 is 2.74 bits per heavy atom. The van der Waals surface area contributed by atoms with Crippen molar-refractivity contribution in [2.45, 2.75) is 6.42 Å². The number of aromatic nitrogens is 2. The summed E-state index contributed by atoms with van der Waals surface area (Å²) in [6.07, 6.45) is 6.13. The Balaban J connectivity index is 1.65. The zero-order valence-electron chi connectivity index (χ0n) is 12.2. The van der Waals surface area contributed by atoms with E-state index in [0.29, 0.717) is 12.1 Å². The van der Waals surface area contributed by atoms with Gasteiger partial charge in [-0.1, -0.05) is 12.2 Å². The number of rotatable bonds is 3. The molecule has 1 fully saturated rings. The number of hydrogen-bond acceptors (Lipinski definition) is 4. The minimum absolute atomic E-state index is 0.0458. The SMILES string of the molecule is NN(C(=O)[C@@H]1C2C=CC(C2)[C@@H]1C(=O)O)c1ccc2nc[nH]c2c1. The third kappa shape index (κ3) is 2.04. The number of carbonyl (C=O) groups excluding carboxylic acids is 1. The summed E-state index contributed by atoms with van der Waals surface area (Å²) in [6.45, 7) is 0. The molecule has 0 saturated heterocycles. The number of nitrogens with one attached hydrogen (secondary N) is 1. The highest BCUT2D eigenvalue weighted by molar-refractivity contribution is 5.98. The number of allylic oxidation sites excluding steroid dienone is 2. The van der Waals surface area contributed by atoms with Crippen LogP contribution in [0.1, 0.15) is 6.42 Å².